The number of para-hydroxylation sites is 1. The van der Waals surface area contributed by atoms with Crippen molar-refractivity contribution in [3.8, 4) is 5.88 Å². The molecule has 2 heterocycles. The quantitative estimate of drug-likeness (QED) is 0.702. The van der Waals surface area contributed by atoms with E-state index in [1.807, 2.05) is 60.7 Å². The maximum Gasteiger partial charge on any atom is 0.282 e. The molecule has 0 saturated heterocycles. The third-order valence-electron chi connectivity index (χ3n) is 4.07. The van der Waals surface area contributed by atoms with Gasteiger partial charge in [-0.1, -0.05) is 48.5 Å². The van der Waals surface area contributed by atoms with Crippen molar-refractivity contribution in [2.45, 2.75) is 18.3 Å². The van der Waals surface area contributed by atoms with Crippen molar-refractivity contribution in [2.75, 3.05) is 11.1 Å². The van der Waals surface area contributed by atoms with Gasteiger partial charge >= 0.3 is 0 Å². The molecule has 7 heteroatoms. The monoisotopic (exact) mass is 367 g/mol. The van der Waals surface area contributed by atoms with Gasteiger partial charge in [-0.2, -0.15) is 4.98 Å². The highest BCUT2D eigenvalue weighted by molar-refractivity contribution is 7.85. The predicted molar refractivity (Wildman–Crippen MR) is 100 cm³/mol. The minimum absolute atomic E-state index is 0.171. The first kappa shape index (κ1) is 16.5. The summed E-state index contributed by atoms with van der Waals surface area (Å²) in [6, 6.07) is 19.0. The van der Waals surface area contributed by atoms with E-state index in [0.717, 1.165) is 11.3 Å². The molecular formula is C19H17N3O3S. The number of anilines is 2. The molecule has 26 heavy (non-hydrogen) atoms. The Morgan fingerprint density at radius 3 is 2.50 bits per heavy atom. The molecule has 4 rings (SSSR count). The van der Waals surface area contributed by atoms with Crippen LogP contribution in [-0.4, -0.2) is 19.5 Å². The predicted octanol–water partition coefficient (Wildman–Crippen LogP) is 2.69. The number of fused-ring (bicyclic) bond motifs is 1. The second-order valence-electron chi connectivity index (χ2n) is 5.85. The lowest BCUT2D eigenvalue weighted by Gasteiger charge is -2.14. The van der Waals surface area contributed by atoms with Gasteiger partial charge < -0.3 is 10.1 Å². The first-order valence-electron chi connectivity index (χ1n) is 8.24. The highest BCUT2D eigenvalue weighted by Crippen LogP contribution is 2.26. The van der Waals surface area contributed by atoms with Crippen molar-refractivity contribution < 1.29 is 8.95 Å². The third kappa shape index (κ3) is 3.25. The Labute approximate surface area is 152 Å². The second kappa shape index (κ2) is 7.13. The molecule has 1 atom stereocenters. The largest absolute Gasteiger partial charge is 0.471 e. The minimum Gasteiger partial charge on any atom is -0.471 e. The van der Waals surface area contributed by atoms with E-state index in [1.54, 1.807) is 0 Å². The van der Waals surface area contributed by atoms with Crippen LogP contribution in [0, 0.1) is 0 Å². The molecule has 132 valence electrons. The zero-order chi connectivity index (χ0) is 17.9. The van der Waals surface area contributed by atoms with Gasteiger partial charge in [0.25, 0.3) is 5.56 Å². The molecule has 1 aliphatic rings. The van der Waals surface area contributed by atoms with E-state index in [-0.39, 0.29) is 28.9 Å². The van der Waals surface area contributed by atoms with Gasteiger partial charge in [0, 0.05) is 18.0 Å². The molecule has 1 aromatic heterocycles. The number of rotatable bonds is 5. The van der Waals surface area contributed by atoms with Crippen LogP contribution in [0.5, 0.6) is 5.88 Å². The zero-order valence-corrected chi connectivity index (χ0v) is 14.7. The number of nitrogens with zero attached hydrogens (tertiary/aromatic N) is 2. The van der Waals surface area contributed by atoms with E-state index >= 15 is 0 Å². The number of hydrogen-bond acceptors (Lipinski definition) is 5. The average Bonchev–Trinajstić information content (AvgIpc) is 3.05. The summed E-state index contributed by atoms with van der Waals surface area (Å²) < 4.78 is 19.4. The van der Waals surface area contributed by atoms with Crippen LogP contribution in [-0.2, 0) is 24.0 Å². The summed E-state index contributed by atoms with van der Waals surface area (Å²) in [7, 11) is -1.28. The van der Waals surface area contributed by atoms with Crippen molar-refractivity contribution in [1.82, 2.24) is 9.55 Å². The Morgan fingerprint density at radius 2 is 1.77 bits per heavy atom. The van der Waals surface area contributed by atoms with E-state index in [2.05, 4.69) is 10.3 Å². The summed E-state index contributed by atoms with van der Waals surface area (Å²) in [6.07, 6.45) is 0. The van der Waals surface area contributed by atoms with Crippen molar-refractivity contribution in [3.63, 3.8) is 0 Å². The van der Waals surface area contributed by atoms with Crippen LogP contribution in [0.3, 0.4) is 0 Å². The maximum atomic E-state index is 12.9. The maximum absolute atomic E-state index is 12.9. The zero-order valence-electron chi connectivity index (χ0n) is 13.9. The number of benzene rings is 2. The second-order valence-corrected chi connectivity index (χ2v) is 7.31. The summed E-state index contributed by atoms with van der Waals surface area (Å²) in [5, 5.41) is 3.38. The van der Waals surface area contributed by atoms with Crippen molar-refractivity contribution in [1.29, 1.82) is 0 Å². The molecule has 0 saturated carbocycles. The Balaban J connectivity index is 1.72. The first-order valence-corrected chi connectivity index (χ1v) is 9.56. The molecule has 0 bridgehead atoms. The van der Waals surface area contributed by atoms with Crippen LogP contribution in [0.4, 0.5) is 11.4 Å². The van der Waals surface area contributed by atoms with Gasteiger partial charge in [-0.15, -0.1) is 0 Å². The van der Waals surface area contributed by atoms with Crippen LogP contribution in [0.1, 0.15) is 5.56 Å². The molecule has 1 unspecified atom stereocenters. The van der Waals surface area contributed by atoms with Gasteiger partial charge in [0.15, 0.2) is 5.69 Å². The summed E-state index contributed by atoms with van der Waals surface area (Å²) in [5.41, 5.74) is 1.71. The lowest BCUT2D eigenvalue weighted by molar-refractivity contribution is 0.290. The van der Waals surface area contributed by atoms with E-state index < -0.39 is 10.8 Å². The Morgan fingerprint density at radius 1 is 1.08 bits per heavy atom. The van der Waals surface area contributed by atoms with Crippen LogP contribution in [0.15, 0.2) is 70.6 Å². The Hall–Kier alpha value is -2.93. The molecule has 6 nitrogen and oxygen atoms in total. The fourth-order valence-corrected chi connectivity index (χ4v) is 3.89. The van der Waals surface area contributed by atoms with E-state index in [1.165, 1.54) is 4.57 Å². The van der Waals surface area contributed by atoms with E-state index in [4.69, 9.17) is 4.74 Å². The standard InChI is InChI=1S/C19H17N3O3S/c23-18-16(20-15-9-5-2-6-10-15)17(21-19-22(18)11-12-26(19)24)25-13-14-7-3-1-4-8-14/h1-10,20H,11-13H2. The van der Waals surface area contributed by atoms with Crippen LogP contribution in [0.2, 0.25) is 0 Å². The van der Waals surface area contributed by atoms with Gasteiger partial charge in [0.05, 0.1) is 10.8 Å². The van der Waals surface area contributed by atoms with Gasteiger partial charge in [-0.3, -0.25) is 13.6 Å². The number of ether oxygens (including phenoxy) is 1. The average molecular weight is 367 g/mol. The molecule has 0 amide bonds. The Kier molecular flexibility index (Phi) is 4.53. The fraction of sp³-hybridized carbons (Fsp3) is 0.158. The smallest absolute Gasteiger partial charge is 0.282 e. The summed E-state index contributed by atoms with van der Waals surface area (Å²) in [5.74, 6) is 0.569. The minimum atomic E-state index is -1.28. The number of hydrogen-bond donors (Lipinski definition) is 1. The van der Waals surface area contributed by atoms with E-state index in [0.29, 0.717) is 12.3 Å². The summed E-state index contributed by atoms with van der Waals surface area (Å²) in [4.78, 5) is 17.3. The van der Waals surface area contributed by atoms with Crippen LogP contribution < -0.4 is 15.6 Å². The van der Waals surface area contributed by atoms with Crippen molar-refractivity contribution >= 4 is 22.2 Å². The number of aromatic nitrogens is 2. The van der Waals surface area contributed by atoms with Crippen LogP contribution >= 0.6 is 0 Å². The fourth-order valence-electron chi connectivity index (χ4n) is 2.76. The Bertz CT molecular complexity index is 1000. The third-order valence-corrected chi connectivity index (χ3v) is 5.34. The molecule has 2 aromatic carbocycles. The molecule has 0 radical (unpaired) electrons. The lowest BCUT2D eigenvalue weighted by Crippen LogP contribution is -2.24. The highest BCUT2D eigenvalue weighted by atomic mass is 32.2. The lowest BCUT2D eigenvalue weighted by atomic mass is 10.2. The molecule has 1 N–H and O–H groups in total. The topological polar surface area (TPSA) is 73.2 Å². The summed E-state index contributed by atoms with van der Waals surface area (Å²) in [6.45, 7) is 0.670. The summed E-state index contributed by atoms with van der Waals surface area (Å²) >= 11 is 0. The first-order chi connectivity index (χ1) is 12.7. The van der Waals surface area contributed by atoms with Gasteiger partial charge in [-0.05, 0) is 17.7 Å². The molecule has 3 aromatic rings. The van der Waals surface area contributed by atoms with Gasteiger partial charge in [0.1, 0.15) is 6.61 Å². The molecule has 0 spiro atoms. The molecular weight excluding hydrogens is 350 g/mol. The molecule has 1 aliphatic heterocycles. The van der Waals surface area contributed by atoms with Crippen LogP contribution in [0.25, 0.3) is 0 Å². The normalized spacial score (nSPS) is 15.5. The van der Waals surface area contributed by atoms with E-state index in [9.17, 15) is 9.00 Å². The van der Waals surface area contributed by atoms with Crippen molar-refractivity contribution in [3.05, 3.63) is 76.6 Å². The highest BCUT2D eigenvalue weighted by Gasteiger charge is 2.26. The SMILES string of the molecule is O=c1c(Nc2ccccc2)c(OCc2ccccc2)nc2n1CCS2=O. The van der Waals surface area contributed by atoms with Crippen molar-refractivity contribution in [2.24, 2.45) is 0 Å². The molecule has 0 fully saturated rings. The number of nitrogens with one attached hydrogen (secondary N) is 1. The van der Waals surface area contributed by atoms with Gasteiger partial charge in [0.2, 0.25) is 11.0 Å². The molecule has 0 aliphatic carbocycles. The van der Waals surface area contributed by atoms with Gasteiger partial charge in [-0.25, -0.2) is 0 Å².